The van der Waals surface area contributed by atoms with Gasteiger partial charge >= 0.3 is 23.9 Å². The number of benzene rings is 8. The molecule has 4 N–H and O–H groups in total. The lowest BCUT2D eigenvalue weighted by Gasteiger charge is -2.34. The third kappa shape index (κ3) is 18.7. The summed E-state index contributed by atoms with van der Waals surface area (Å²) >= 11 is 0. The molecule has 8 aliphatic heterocycles. The molecule has 0 spiro atoms. The predicted octanol–water partition coefficient (Wildman–Crippen LogP) is 20.0. The molecule has 0 bridgehead atoms. The Morgan fingerprint density at radius 1 is 0.325 bits per heavy atom. The van der Waals surface area contributed by atoms with E-state index in [-0.39, 0.29) is 11.6 Å². The number of rotatable bonds is 12. The fourth-order valence-corrected chi connectivity index (χ4v) is 18.9. The molecule has 628 valence electrons. The quantitative estimate of drug-likeness (QED) is 0.0900. The van der Waals surface area contributed by atoms with Crippen molar-refractivity contribution < 1.29 is 67.3 Å². The number of likely N-dealkylation sites (tertiary alicyclic amines) is 4. The van der Waals surface area contributed by atoms with Gasteiger partial charge in [0, 0.05) is 101 Å². The number of hydrogen-bond donors (Lipinski definition) is 4. The van der Waals surface area contributed by atoms with Crippen molar-refractivity contribution in [2.45, 2.75) is 173 Å². The molecule has 0 aromatic heterocycles. The van der Waals surface area contributed by atoms with E-state index in [1.807, 2.05) is 13.8 Å². The Morgan fingerprint density at radius 2 is 0.558 bits per heavy atom. The molecule has 6 fully saturated rings. The molecule has 0 unspecified atom stereocenters. The number of halogens is 2. The van der Waals surface area contributed by atoms with Crippen molar-refractivity contribution in [1.82, 2.24) is 19.6 Å². The van der Waals surface area contributed by atoms with Crippen LogP contribution in [0.5, 0.6) is 23.0 Å². The Balaban J connectivity index is 0.000000125. The summed E-state index contributed by atoms with van der Waals surface area (Å²) in [5, 5.41) is 38.0. The molecule has 18 heteroatoms. The Hall–Kier alpha value is -10.5. The summed E-state index contributed by atoms with van der Waals surface area (Å²) in [6.07, 6.45) is 10.4. The number of piperidine rings is 4. The highest BCUT2D eigenvalue weighted by molar-refractivity contribution is 5.91. The molecule has 8 aromatic carbocycles. The van der Waals surface area contributed by atoms with Crippen molar-refractivity contribution in [3.8, 4) is 23.0 Å². The van der Waals surface area contributed by atoms with Gasteiger partial charge in [0.25, 0.3) is 0 Å². The van der Waals surface area contributed by atoms with E-state index in [1.165, 1.54) is 112 Å². The zero-order valence-corrected chi connectivity index (χ0v) is 71.3. The van der Waals surface area contributed by atoms with Crippen molar-refractivity contribution in [2.75, 3.05) is 78.5 Å². The zero-order chi connectivity index (χ0) is 84.7. The molecular formula is C102H114F2N4O12. The van der Waals surface area contributed by atoms with Gasteiger partial charge in [-0.25, -0.2) is 8.78 Å². The minimum Gasteiger partial charge on any atom is -0.488 e. The molecule has 4 saturated heterocycles. The number of hydrogen-bond acceptors (Lipinski definition) is 12. The van der Waals surface area contributed by atoms with Gasteiger partial charge in [-0.05, 0) is 274 Å². The maximum atomic E-state index is 14.2. The van der Waals surface area contributed by atoms with Gasteiger partial charge in [0.15, 0.2) is 0 Å². The highest BCUT2D eigenvalue weighted by Crippen LogP contribution is 2.51. The van der Waals surface area contributed by atoms with Gasteiger partial charge in [0.05, 0.1) is 21.7 Å². The summed E-state index contributed by atoms with van der Waals surface area (Å²) in [6.45, 7) is 31.2. The van der Waals surface area contributed by atoms with E-state index < -0.39 is 45.5 Å². The SMILES string of the molecule is Cc1ccc2c(c1)COc1ccc(C)cc1C2=C1CCN(CC(C)(C)C(=O)O)CC1.Cc1ccc2c(c1)COc1ccc(C)cc1C2=C1CCN(CC2(C(=O)O)CC2)CC1.Cc1ccc2c(c1)COc1ccc(F)cc1C2=C1CCN(CC(C)(C)C(=O)O)CC1.Cc1ccc2c(c1)COc1ccc(F)cc1C2=C1CCN(CC2(C(=O)O)CC2)CC1. The van der Waals surface area contributed by atoms with E-state index in [4.69, 9.17) is 18.9 Å². The minimum atomic E-state index is -0.777. The lowest BCUT2D eigenvalue weighted by atomic mass is 9.85. The molecule has 2 aliphatic carbocycles. The highest BCUT2D eigenvalue weighted by Gasteiger charge is 2.52. The van der Waals surface area contributed by atoms with Gasteiger partial charge in [-0.2, -0.15) is 0 Å². The molecule has 18 rings (SSSR count). The Morgan fingerprint density at radius 3 is 0.808 bits per heavy atom. The lowest BCUT2D eigenvalue weighted by molar-refractivity contribution is -0.148. The normalized spacial score (nSPS) is 18.6. The summed E-state index contributed by atoms with van der Waals surface area (Å²) in [4.78, 5) is 55.3. The van der Waals surface area contributed by atoms with Crippen molar-refractivity contribution in [2.24, 2.45) is 21.7 Å². The molecule has 0 atom stereocenters. The molecule has 120 heavy (non-hydrogen) atoms. The van der Waals surface area contributed by atoms with Crippen LogP contribution in [-0.4, -0.2) is 142 Å². The standard InChI is InChI=1S/C26H29NO3.C26H31NO3.C25H26FNO3.C25H28FNO3/c1-17-3-5-21-20(13-17)15-30-23-6-4-18(2)14-22(23)24(21)19-7-11-27(12-8-19)16-26(9-10-26)25(28)29;1-17-5-7-21-20(13-17)15-30-23-8-6-18(2)14-22(23)24(21)19-9-11-27(12-10-19)16-26(3,4)25(28)29;1-16-2-4-20-18(12-16)14-30-22-5-3-19(26)13-21(22)23(20)17-6-10-27(11-7-17)15-25(8-9-25)24(28)29;1-16-4-6-20-18(12-16)14-30-22-7-5-19(26)13-21(22)23(20)17-8-10-27(11-9-17)15-25(2,3)24(28)29/h3-6,13-14H,7-12,15-16H2,1-2H3,(H,28,29);5-8,13-14H,9-12,15-16H2,1-4H3,(H,28,29);2-5,12-13H,6-11,14-15H2,1H3,(H,28,29);4-7,12-13H,8-11,14-15H2,1-3H3,(H,28,29). The molecule has 0 radical (unpaired) electrons. The van der Waals surface area contributed by atoms with Crippen LogP contribution in [0.1, 0.15) is 205 Å². The predicted molar refractivity (Wildman–Crippen MR) is 465 cm³/mol. The third-order valence-corrected chi connectivity index (χ3v) is 26.2. The number of aryl methyl sites for hydroxylation is 6. The first kappa shape index (κ1) is 84.5. The molecule has 2 saturated carbocycles. The van der Waals surface area contributed by atoms with Crippen LogP contribution in [0, 0.1) is 74.8 Å². The van der Waals surface area contributed by atoms with Gasteiger partial charge < -0.3 is 59.0 Å². The van der Waals surface area contributed by atoms with Gasteiger partial charge in [0.2, 0.25) is 0 Å². The van der Waals surface area contributed by atoms with Crippen LogP contribution >= 0.6 is 0 Å². The highest BCUT2D eigenvalue weighted by atomic mass is 19.1. The van der Waals surface area contributed by atoms with E-state index in [0.717, 1.165) is 191 Å². The molecule has 16 nitrogen and oxygen atoms in total. The second kappa shape index (κ2) is 34.9. The smallest absolute Gasteiger partial charge is 0.310 e. The van der Waals surface area contributed by atoms with Gasteiger partial charge in [-0.1, -0.05) is 141 Å². The van der Waals surface area contributed by atoms with Crippen molar-refractivity contribution in [3.05, 3.63) is 280 Å². The minimum absolute atomic E-state index is 0.263. The molecule has 8 aromatic rings. The Labute approximate surface area is 704 Å². The van der Waals surface area contributed by atoms with Crippen molar-refractivity contribution >= 4 is 46.2 Å². The number of ether oxygens (including phenoxy) is 4. The second-order valence-electron chi connectivity index (χ2n) is 36.6. The number of aliphatic carboxylic acids is 4. The van der Waals surface area contributed by atoms with Crippen LogP contribution in [0.25, 0.3) is 22.3 Å². The van der Waals surface area contributed by atoms with Crippen LogP contribution < -0.4 is 18.9 Å². The van der Waals surface area contributed by atoms with E-state index in [0.29, 0.717) is 58.4 Å². The van der Waals surface area contributed by atoms with Crippen LogP contribution in [0.4, 0.5) is 8.78 Å². The Kier molecular flexibility index (Phi) is 24.6. The van der Waals surface area contributed by atoms with Gasteiger partial charge in [-0.15, -0.1) is 0 Å². The molecule has 8 heterocycles. The first-order valence-corrected chi connectivity index (χ1v) is 42.8. The topological polar surface area (TPSA) is 199 Å². The molecule has 0 amide bonds. The average molecular weight is 1630 g/mol. The van der Waals surface area contributed by atoms with E-state index in [1.54, 1.807) is 38.1 Å². The van der Waals surface area contributed by atoms with E-state index in [2.05, 4.69) is 170 Å². The lowest BCUT2D eigenvalue weighted by Crippen LogP contribution is -2.42. The number of carboxylic acids is 4. The summed E-state index contributed by atoms with van der Waals surface area (Å²) in [5.41, 5.74) is 28.7. The second-order valence-corrected chi connectivity index (χ2v) is 36.6. The molecule has 10 aliphatic rings. The number of carboxylic acid groups (broad SMARTS) is 4. The maximum Gasteiger partial charge on any atom is 0.310 e. The molecular weight excluding hydrogens is 1510 g/mol. The van der Waals surface area contributed by atoms with Crippen molar-refractivity contribution in [3.63, 3.8) is 0 Å². The zero-order valence-electron chi connectivity index (χ0n) is 71.3. The van der Waals surface area contributed by atoms with E-state index in [9.17, 15) is 48.4 Å². The first-order chi connectivity index (χ1) is 57.4. The fourth-order valence-electron chi connectivity index (χ4n) is 18.9. The summed E-state index contributed by atoms with van der Waals surface area (Å²) in [5.74, 6) is 0.00563. The van der Waals surface area contributed by atoms with E-state index >= 15 is 0 Å². The fraction of sp³-hybridized carbons (Fsp3) is 0.412. The largest absolute Gasteiger partial charge is 0.488 e. The summed E-state index contributed by atoms with van der Waals surface area (Å²) < 4.78 is 52.9. The third-order valence-electron chi connectivity index (χ3n) is 26.2. The maximum absolute atomic E-state index is 14.2. The van der Waals surface area contributed by atoms with Gasteiger partial charge in [0.1, 0.15) is 61.1 Å². The number of carbonyl (C=O) groups is 4. The Bertz CT molecular complexity index is 4800. The summed E-state index contributed by atoms with van der Waals surface area (Å²) in [7, 11) is 0. The number of nitrogens with zero attached hydrogens (tertiary/aromatic N) is 4. The summed E-state index contributed by atoms with van der Waals surface area (Å²) in [6, 6.07) is 48.5. The van der Waals surface area contributed by atoms with Crippen LogP contribution in [0.2, 0.25) is 0 Å². The monoisotopic (exact) mass is 1620 g/mol. The van der Waals surface area contributed by atoms with Gasteiger partial charge in [-0.3, -0.25) is 19.2 Å². The first-order valence-electron chi connectivity index (χ1n) is 42.8. The average Bonchev–Trinajstić information content (AvgIpc) is 1.55. The van der Waals surface area contributed by atoms with Crippen LogP contribution in [-0.2, 0) is 45.6 Å². The van der Waals surface area contributed by atoms with Crippen LogP contribution in [0.3, 0.4) is 0 Å². The number of fused-ring (bicyclic) bond motifs is 8. The van der Waals surface area contributed by atoms with Crippen LogP contribution in [0.15, 0.2) is 168 Å². The van der Waals surface area contributed by atoms with Crippen molar-refractivity contribution in [1.29, 1.82) is 0 Å².